The summed E-state index contributed by atoms with van der Waals surface area (Å²) in [7, 11) is 0. The van der Waals surface area contributed by atoms with Crippen LogP contribution in [-0.2, 0) is 0 Å². The molecule has 0 amide bonds. The quantitative estimate of drug-likeness (QED) is 0.795. The van der Waals surface area contributed by atoms with Crippen molar-refractivity contribution in [2.45, 2.75) is 13.8 Å². The minimum Gasteiger partial charge on any atom is -0.490 e. The van der Waals surface area contributed by atoms with Gasteiger partial charge in [-0.2, -0.15) is 0 Å². The number of hydrogen-bond donors (Lipinski definition) is 2. The highest BCUT2D eigenvalue weighted by atomic mass is 16.5. The Morgan fingerprint density at radius 2 is 1.40 bits per heavy atom. The molecule has 1 aliphatic rings. The van der Waals surface area contributed by atoms with Crippen molar-refractivity contribution in [3.05, 3.63) is 18.8 Å². The number of fused-ring (bicyclic) bond motifs is 1. The van der Waals surface area contributed by atoms with Crippen molar-refractivity contribution in [2.24, 2.45) is 0 Å². The van der Waals surface area contributed by atoms with Crippen LogP contribution < -0.4 is 20.1 Å². The van der Waals surface area contributed by atoms with E-state index in [0.717, 1.165) is 22.9 Å². The van der Waals surface area contributed by atoms with Gasteiger partial charge in [0, 0.05) is 12.1 Å². The maximum Gasteiger partial charge on any atom is 0.163 e. The number of benzene rings is 1. The maximum atomic E-state index is 5.51. The van der Waals surface area contributed by atoms with Crippen molar-refractivity contribution in [1.82, 2.24) is 0 Å². The van der Waals surface area contributed by atoms with Crippen LogP contribution in [0.25, 0.3) is 0 Å². The van der Waals surface area contributed by atoms with E-state index in [1.165, 1.54) is 0 Å². The van der Waals surface area contributed by atoms with Gasteiger partial charge in [-0.25, -0.2) is 0 Å². The van der Waals surface area contributed by atoms with Gasteiger partial charge in [0.2, 0.25) is 0 Å². The Hall–Kier alpha value is -1.58. The molecule has 0 aromatic heterocycles. The summed E-state index contributed by atoms with van der Waals surface area (Å²) in [4.78, 5) is 0. The van der Waals surface area contributed by atoms with Gasteiger partial charge in [-0.1, -0.05) is 0 Å². The van der Waals surface area contributed by atoms with Gasteiger partial charge in [0.05, 0.1) is 24.6 Å². The van der Waals surface area contributed by atoms with E-state index in [-0.39, 0.29) is 0 Å². The van der Waals surface area contributed by atoms with Gasteiger partial charge in [-0.3, -0.25) is 0 Å². The molecule has 4 nitrogen and oxygen atoms in total. The van der Waals surface area contributed by atoms with Crippen molar-refractivity contribution in [3.63, 3.8) is 0 Å². The van der Waals surface area contributed by atoms with E-state index in [4.69, 9.17) is 9.47 Å². The van der Waals surface area contributed by atoms with Crippen LogP contribution in [0.3, 0.4) is 0 Å². The van der Waals surface area contributed by atoms with Gasteiger partial charge in [0.1, 0.15) is 6.67 Å². The molecule has 0 atom stereocenters. The molecule has 2 rings (SSSR count). The minimum absolute atomic E-state index is 0.635. The van der Waals surface area contributed by atoms with E-state index < -0.39 is 0 Å². The molecule has 1 radical (unpaired) electrons. The van der Waals surface area contributed by atoms with E-state index in [1.807, 2.05) is 26.0 Å². The van der Waals surface area contributed by atoms with E-state index in [1.54, 1.807) is 6.67 Å². The lowest BCUT2D eigenvalue weighted by molar-refractivity contribution is 0.288. The normalized spacial score (nSPS) is 12.7. The predicted molar refractivity (Wildman–Crippen MR) is 60.3 cm³/mol. The lowest BCUT2D eigenvalue weighted by Gasteiger charge is -2.12. The Morgan fingerprint density at radius 3 is 1.80 bits per heavy atom. The summed E-state index contributed by atoms with van der Waals surface area (Å²) in [5, 5.41) is 6.19. The van der Waals surface area contributed by atoms with Crippen LogP contribution in [0, 0.1) is 6.67 Å². The maximum absolute atomic E-state index is 5.51. The number of anilines is 2. The van der Waals surface area contributed by atoms with Gasteiger partial charge in [-0.15, -0.1) is 0 Å². The molecule has 15 heavy (non-hydrogen) atoms. The molecule has 2 N–H and O–H groups in total. The van der Waals surface area contributed by atoms with Gasteiger partial charge in [0.15, 0.2) is 11.5 Å². The molecule has 1 aromatic rings. The van der Waals surface area contributed by atoms with Crippen LogP contribution in [0.1, 0.15) is 13.8 Å². The Labute approximate surface area is 89.6 Å². The minimum atomic E-state index is 0.635. The van der Waals surface area contributed by atoms with E-state index in [2.05, 4.69) is 10.6 Å². The summed E-state index contributed by atoms with van der Waals surface area (Å²) in [5.41, 5.74) is 2.03. The van der Waals surface area contributed by atoms with Crippen LogP contribution in [0.5, 0.6) is 11.5 Å². The zero-order valence-electron chi connectivity index (χ0n) is 8.96. The van der Waals surface area contributed by atoms with Crippen molar-refractivity contribution >= 4 is 11.4 Å². The molecule has 0 saturated carbocycles. The Kier molecular flexibility index (Phi) is 2.85. The van der Waals surface area contributed by atoms with Crippen LogP contribution in [0.4, 0.5) is 11.4 Å². The third kappa shape index (κ3) is 1.93. The first-order valence-corrected chi connectivity index (χ1v) is 5.13. The summed E-state index contributed by atoms with van der Waals surface area (Å²) >= 11 is 0. The highest BCUT2D eigenvalue weighted by Gasteiger charge is 2.15. The van der Waals surface area contributed by atoms with E-state index in [0.29, 0.717) is 13.2 Å². The smallest absolute Gasteiger partial charge is 0.163 e. The van der Waals surface area contributed by atoms with Crippen LogP contribution in [0.2, 0.25) is 0 Å². The Balaban J connectivity index is 2.33. The topological polar surface area (TPSA) is 42.5 Å². The van der Waals surface area contributed by atoms with Crippen LogP contribution >= 0.6 is 0 Å². The zero-order valence-corrected chi connectivity index (χ0v) is 8.96. The average molecular weight is 207 g/mol. The number of ether oxygens (including phenoxy) is 2. The van der Waals surface area contributed by atoms with Crippen LogP contribution in [0.15, 0.2) is 12.1 Å². The fraction of sp³-hybridized carbons (Fsp3) is 0.364. The fourth-order valence-corrected chi connectivity index (χ4v) is 1.53. The summed E-state index contributed by atoms with van der Waals surface area (Å²) in [5.74, 6) is 1.56. The predicted octanol–water partition coefficient (Wildman–Crippen LogP) is 2.44. The number of nitrogens with one attached hydrogen (secondary N) is 2. The first-order valence-electron chi connectivity index (χ1n) is 5.13. The standard InChI is InChI=1S/C11H15N2O2/c1-3-14-10-5-8-9(13-7-12-8)6-11(10)15-4-2/h5-7,12-13H,3-4H2,1-2H3. The van der Waals surface area contributed by atoms with Crippen LogP contribution in [-0.4, -0.2) is 13.2 Å². The summed E-state index contributed by atoms with van der Waals surface area (Å²) in [6.45, 7) is 6.98. The van der Waals surface area contributed by atoms with Crippen molar-refractivity contribution in [1.29, 1.82) is 0 Å². The number of hydrogen-bond acceptors (Lipinski definition) is 4. The molecule has 4 heteroatoms. The lowest BCUT2D eigenvalue weighted by Crippen LogP contribution is -1.98. The van der Waals surface area contributed by atoms with E-state index >= 15 is 0 Å². The monoisotopic (exact) mass is 207 g/mol. The third-order valence-electron chi connectivity index (χ3n) is 2.14. The Bertz CT molecular complexity index is 320. The fourth-order valence-electron chi connectivity index (χ4n) is 1.53. The highest BCUT2D eigenvalue weighted by molar-refractivity contribution is 5.79. The molecular weight excluding hydrogens is 192 g/mol. The zero-order chi connectivity index (χ0) is 10.7. The molecule has 81 valence electrons. The molecule has 0 spiro atoms. The third-order valence-corrected chi connectivity index (χ3v) is 2.14. The second kappa shape index (κ2) is 4.29. The van der Waals surface area contributed by atoms with Gasteiger partial charge < -0.3 is 20.1 Å². The molecule has 0 aliphatic carbocycles. The first-order chi connectivity index (χ1) is 7.35. The largest absolute Gasteiger partial charge is 0.490 e. The second-order valence-electron chi connectivity index (χ2n) is 3.14. The van der Waals surface area contributed by atoms with Crippen molar-refractivity contribution in [3.8, 4) is 11.5 Å². The molecule has 0 fully saturated rings. The van der Waals surface area contributed by atoms with E-state index in [9.17, 15) is 0 Å². The molecular formula is C11H15N2O2. The molecule has 0 saturated heterocycles. The average Bonchev–Trinajstić information content (AvgIpc) is 2.66. The van der Waals surface area contributed by atoms with Crippen molar-refractivity contribution in [2.75, 3.05) is 23.8 Å². The lowest BCUT2D eigenvalue weighted by atomic mass is 10.2. The second-order valence-corrected chi connectivity index (χ2v) is 3.14. The molecule has 0 unspecified atom stereocenters. The highest BCUT2D eigenvalue weighted by Crippen LogP contribution is 2.39. The van der Waals surface area contributed by atoms with Gasteiger partial charge in [0.25, 0.3) is 0 Å². The van der Waals surface area contributed by atoms with Gasteiger partial charge in [-0.05, 0) is 13.8 Å². The molecule has 1 heterocycles. The molecule has 0 bridgehead atoms. The van der Waals surface area contributed by atoms with Crippen molar-refractivity contribution < 1.29 is 9.47 Å². The van der Waals surface area contributed by atoms with Gasteiger partial charge >= 0.3 is 0 Å². The summed E-state index contributed by atoms with van der Waals surface area (Å²) in [6, 6.07) is 3.89. The number of rotatable bonds is 4. The summed E-state index contributed by atoms with van der Waals surface area (Å²) in [6.07, 6.45) is 0. The molecule has 1 aliphatic heterocycles. The first kappa shape index (κ1) is 9.96. The summed E-state index contributed by atoms with van der Waals surface area (Å²) < 4.78 is 11.0. The Morgan fingerprint density at radius 1 is 0.933 bits per heavy atom. The SMILES string of the molecule is CCOc1cc2c(cc1OCC)N[CH]N2. The molecule has 1 aromatic carbocycles.